The van der Waals surface area contributed by atoms with E-state index >= 15 is 0 Å². The molecule has 1 saturated heterocycles. The fourth-order valence-electron chi connectivity index (χ4n) is 6.79. The van der Waals surface area contributed by atoms with E-state index in [9.17, 15) is 13.5 Å². The molecule has 0 radical (unpaired) electrons. The zero-order chi connectivity index (χ0) is 36.1. The van der Waals surface area contributed by atoms with Crippen LogP contribution in [0.1, 0.15) is 59.6 Å². The average Bonchev–Trinajstić information content (AvgIpc) is 3.20. The first-order chi connectivity index (χ1) is 25.3. The average molecular weight is 713 g/mol. The van der Waals surface area contributed by atoms with Gasteiger partial charge in [-0.2, -0.15) is 0 Å². The van der Waals surface area contributed by atoms with Crippen LogP contribution in [0.3, 0.4) is 0 Å². The Bertz CT molecular complexity index is 2210. The predicted molar refractivity (Wildman–Crippen MR) is 206 cm³/mol. The normalized spacial score (nSPS) is 18.4. The number of sulfonamides is 1. The molecule has 7 rings (SSSR count). The Hall–Kier alpha value is -4.67. The van der Waals surface area contributed by atoms with Gasteiger partial charge in [-0.15, -0.1) is 0 Å². The van der Waals surface area contributed by atoms with Gasteiger partial charge in [-0.05, 0) is 82.4 Å². The Labute approximate surface area is 306 Å². The van der Waals surface area contributed by atoms with Crippen molar-refractivity contribution in [1.82, 2.24) is 9.62 Å². The lowest BCUT2D eigenvalue weighted by molar-refractivity contribution is -0.253. The summed E-state index contributed by atoms with van der Waals surface area (Å²) in [5, 5.41) is 12.1. The van der Waals surface area contributed by atoms with E-state index in [0.29, 0.717) is 6.42 Å². The van der Waals surface area contributed by atoms with Crippen LogP contribution in [0, 0.1) is 0 Å². The Kier molecular flexibility index (Phi) is 10.9. The fourth-order valence-corrected chi connectivity index (χ4v) is 7.83. The summed E-state index contributed by atoms with van der Waals surface area (Å²) in [7, 11) is -1.47. The SMILES string of the molecule is C[C@H](c1ccc2ccccc2c1)N(C)C[C@H]1C[C@@H](c2ccc(CO)cc2)O[C@@H](c2ccc(-c3cccc(CNS(=O)(=O)c4ccccc4)c3)cc2)O1. The Morgan fingerprint density at radius 2 is 1.44 bits per heavy atom. The van der Waals surface area contributed by atoms with E-state index in [-0.39, 0.29) is 36.3 Å². The second kappa shape index (κ2) is 15.9. The summed E-state index contributed by atoms with van der Waals surface area (Å²) in [6.07, 6.45) is -0.150. The summed E-state index contributed by atoms with van der Waals surface area (Å²) in [5.74, 6) is 0. The minimum atomic E-state index is -3.61. The standard InChI is InChI=1S/C44H44N2O5S/c1-31(38-24-21-34-10-6-7-11-40(34)26-38)46(2)29-41-27-43(36-17-15-32(30-47)16-18-36)51-44(50-41)37-22-19-35(20-23-37)39-12-8-9-33(25-39)28-45-52(48,49)42-13-4-3-5-14-42/h3-26,31,41,43-45,47H,27-30H2,1-2H3/t31-,41-,43+,44+/m1/s1. The number of benzene rings is 6. The largest absolute Gasteiger partial charge is 0.392 e. The Balaban J connectivity index is 1.07. The van der Waals surface area contributed by atoms with Gasteiger partial charge in [0.05, 0.1) is 23.7 Å². The fraction of sp³-hybridized carbons (Fsp3) is 0.227. The number of ether oxygens (including phenoxy) is 2. The van der Waals surface area contributed by atoms with Gasteiger partial charge in [0, 0.05) is 31.1 Å². The second-order valence-corrected chi connectivity index (χ2v) is 15.3. The van der Waals surface area contributed by atoms with Crippen molar-refractivity contribution in [2.45, 2.75) is 55.9 Å². The molecule has 1 heterocycles. The quantitative estimate of drug-likeness (QED) is 0.132. The molecule has 0 unspecified atom stereocenters. The molecule has 0 bridgehead atoms. The van der Waals surface area contributed by atoms with Crippen molar-refractivity contribution < 1.29 is 23.0 Å². The van der Waals surface area contributed by atoms with Crippen LogP contribution in [0.2, 0.25) is 0 Å². The molecule has 0 aliphatic carbocycles. The molecule has 0 aromatic heterocycles. The summed E-state index contributed by atoms with van der Waals surface area (Å²) < 4.78 is 41.6. The summed E-state index contributed by atoms with van der Waals surface area (Å²) in [4.78, 5) is 2.59. The van der Waals surface area contributed by atoms with Crippen LogP contribution in [0.15, 0.2) is 150 Å². The molecule has 8 heteroatoms. The van der Waals surface area contributed by atoms with E-state index in [2.05, 4.69) is 78.2 Å². The topological polar surface area (TPSA) is 88.1 Å². The maximum Gasteiger partial charge on any atom is 0.240 e. The number of hydrogen-bond acceptors (Lipinski definition) is 6. The second-order valence-electron chi connectivity index (χ2n) is 13.5. The Morgan fingerprint density at radius 1 is 0.731 bits per heavy atom. The van der Waals surface area contributed by atoms with Gasteiger partial charge in [0.15, 0.2) is 6.29 Å². The molecular weight excluding hydrogens is 669 g/mol. The molecule has 1 aliphatic heterocycles. The molecule has 1 fully saturated rings. The summed E-state index contributed by atoms with van der Waals surface area (Å²) in [5.41, 5.74) is 6.94. The maximum absolute atomic E-state index is 12.8. The van der Waals surface area contributed by atoms with Gasteiger partial charge >= 0.3 is 0 Å². The smallest absolute Gasteiger partial charge is 0.240 e. The van der Waals surface area contributed by atoms with Crippen molar-refractivity contribution in [2.75, 3.05) is 13.6 Å². The number of aliphatic hydroxyl groups excluding tert-OH is 1. The summed E-state index contributed by atoms with van der Waals surface area (Å²) >= 11 is 0. The van der Waals surface area contributed by atoms with Gasteiger partial charge < -0.3 is 14.6 Å². The summed E-state index contributed by atoms with van der Waals surface area (Å²) in [6.45, 7) is 3.13. The molecule has 1 aliphatic rings. The molecule has 266 valence electrons. The van der Waals surface area contributed by atoms with E-state index < -0.39 is 16.3 Å². The van der Waals surface area contributed by atoms with Crippen molar-refractivity contribution in [2.24, 2.45) is 0 Å². The molecular formula is C44H44N2O5S. The highest BCUT2D eigenvalue weighted by atomic mass is 32.2. The number of likely N-dealkylation sites (N-methyl/N-ethyl adjacent to an activating group) is 1. The predicted octanol–water partition coefficient (Wildman–Crippen LogP) is 8.72. The highest BCUT2D eigenvalue weighted by Gasteiger charge is 2.33. The van der Waals surface area contributed by atoms with Crippen LogP contribution >= 0.6 is 0 Å². The van der Waals surface area contributed by atoms with E-state index in [4.69, 9.17) is 9.47 Å². The first kappa shape index (κ1) is 35.7. The first-order valence-electron chi connectivity index (χ1n) is 17.7. The lowest BCUT2D eigenvalue weighted by Crippen LogP contribution is -2.38. The number of nitrogens with one attached hydrogen (secondary N) is 1. The van der Waals surface area contributed by atoms with Crippen LogP contribution in [0.25, 0.3) is 21.9 Å². The molecule has 52 heavy (non-hydrogen) atoms. The maximum atomic E-state index is 12.8. The Morgan fingerprint density at radius 3 is 2.19 bits per heavy atom. The van der Waals surface area contributed by atoms with E-state index in [0.717, 1.165) is 39.9 Å². The van der Waals surface area contributed by atoms with Crippen molar-refractivity contribution in [1.29, 1.82) is 0 Å². The first-order valence-corrected chi connectivity index (χ1v) is 19.2. The summed E-state index contributed by atoms with van der Waals surface area (Å²) in [6, 6.07) is 47.7. The lowest BCUT2D eigenvalue weighted by atomic mass is 9.98. The molecule has 0 amide bonds. The molecule has 7 nitrogen and oxygen atoms in total. The minimum absolute atomic E-state index is 0.00379. The third kappa shape index (κ3) is 8.34. The van der Waals surface area contributed by atoms with Crippen LogP contribution in [0.4, 0.5) is 0 Å². The van der Waals surface area contributed by atoms with Crippen molar-refractivity contribution in [3.63, 3.8) is 0 Å². The van der Waals surface area contributed by atoms with Gasteiger partial charge in [-0.3, -0.25) is 4.90 Å². The number of fused-ring (bicyclic) bond motifs is 1. The number of aliphatic hydroxyl groups is 1. The molecule has 6 aromatic carbocycles. The zero-order valence-corrected chi connectivity index (χ0v) is 30.2. The van der Waals surface area contributed by atoms with E-state index in [1.54, 1.807) is 30.3 Å². The van der Waals surface area contributed by atoms with Crippen LogP contribution in [0.5, 0.6) is 0 Å². The van der Waals surface area contributed by atoms with Crippen molar-refractivity contribution in [3.8, 4) is 11.1 Å². The van der Waals surface area contributed by atoms with Gasteiger partial charge in [0.2, 0.25) is 10.0 Å². The monoisotopic (exact) mass is 712 g/mol. The van der Waals surface area contributed by atoms with Crippen molar-refractivity contribution in [3.05, 3.63) is 173 Å². The van der Waals surface area contributed by atoms with E-state index in [1.165, 1.54) is 16.3 Å². The van der Waals surface area contributed by atoms with Gasteiger partial charge in [0.25, 0.3) is 0 Å². The third-order valence-corrected chi connectivity index (χ3v) is 11.4. The van der Waals surface area contributed by atoms with Gasteiger partial charge in [-0.1, -0.05) is 121 Å². The molecule has 4 atom stereocenters. The van der Waals surface area contributed by atoms with Gasteiger partial charge in [0.1, 0.15) is 0 Å². The number of hydrogen-bond donors (Lipinski definition) is 2. The molecule has 0 spiro atoms. The van der Waals surface area contributed by atoms with Crippen LogP contribution < -0.4 is 4.72 Å². The van der Waals surface area contributed by atoms with Gasteiger partial charge in [-0.25, -0.2) is 13.1 Å². The zero-order valence-electron chi connectivity index (χ0n) is 29.4. The molecule has 6 aromatic rings. The number of nitrogens with zero attached hydrogens (tertiary/aromatic N) is 1. The van der Waals surface area contributed by atoms with Crippen LogP contribution in [-0.2, 0) is 32.6 Å². The highest BCUT2D eigenvalue weighted by Crippen LogP contribution is 2.39. The van der Waals surface area contributed by atoms with E-state index in [1.807, 2.05) is 60.7 Å². The molecule has 0 saturated carbocycles. The third-order valence-electron chi connectivity index (χ3n) is 9.99. The van der Waals surface area contributed by atoms with Crippen molar-refractivity contribution >= 4 is 20.8 Å². The lowest BCUT2D eigenvalue weighted by Gasteiger charge is -2.39. The molecule has 2 N–H and O–H groups in total. The minimum Gasteiger partial charge on any atom is -0.392 e. The highest BCUT2D eigenvalue weighted by molar-refractivity contribution is 7.89. The number of rotatable bonds is 12. The van der Waals surface area contributed by atoms with Crippen LogP contribution in [-0.4, -0.2) is 38.1 Å².